The molecule has 3 N–H and O–H groups in total. The topological polar surface area (TPSA) is 101 Å². The number of amides is 3. The average Bonchev–Trinajstić information content (AvgIpc) is 2.89. The van der Waals surface area contributed by atoms with E-state index >= 15 is 0 Å². The quantitative estimate of drug-likeness (QED) is 0.755. The van der Waals surface area contributed by atoms with E-state index in [1.807, 2.05) is 20.8 Å². The van der Waals surface area contributed by atoms with Gasteiger partial charge >= 0.3 is 12.1 Å². The maximum absolute atomic E-state index is 12.1. The van der Waals surface area contributed by atoms with E-state index in [1.165, 1.54) is 0 Å². The van der Waals surface area contributed by atoms with Crippen LogP contribution in [0.25, 0.3) is 0 Å². The van der Waals surface area contributed by atoms with E-state index in [4.69, 9.17) is 4.74 Å². The highest BCUT2D eigenvalue weighted by molar-refractivity contribution is 5.88. The zero-order valence-electron chi connectivity index (χ0n) is 14.6. The van der Waals surface area contributed by atoms with Gasteiger partial charge in [0, 0.05) is 45.3 Å². The second-order valence-electron chi connectivity index (χ2n) is 6.75. The van der Waals surface area contributed by atoms with Crippen LogP contribution in [0.3, 0.4) is 0 Å². The number of urea groups is 1. The van der Waals surface area contributed by atoms with E-state index in [9.17, 15) is 9.59 Å². The molecule has 134 valence electrons. The molecule has 1 aliphatic rings. The van der Waals surface area contributed by atoms with E-state index in [2.05, 4.69) is 21.0 Å². The minimum atomic E-state index is -0.515. The normalized spacial score (nSPS) is 18.2. The fourth-order valence-corrected chi connectivity index (χ4v) is 2.33. The van der Waals surface area contributed by atoms with Crippen molar-refractivity contribution < 1.29 is 14.3 Å². The molecule has 3 amide bonds. The van der Waals surface area contributed by atoms with Crippen molar-refractivity contribution in [3.63, 3.8) is 0 Å². The predicted molar refractivity (Wildman–Crippen MR) is 89.8 cm³/mol. The summed E-state index contributed by atoms with van der Waals surface area (Å²) in [5, 5.41) is 12.8. The van der Waals surface area contributed by atoms with Crippen molar-refractivity contribution in [2.24, 2.45) is 7.05 Å². The Bertz CT molecular complexity index is 580. The summed E-state index contributed by atoms with van der Waals surface area (Å²) in [6.07, 6.45) is 1.28. The van der Waals surface area contributed by atoms with Crippen molar-refractivity contribution in [1.82, 2.24) is 25.3 Å². The van der Waals surface area contributed by atoms with Crippen LogP contribution in [0.15, 0.2) is 12.3 Å². The van der Waals surface area contributed by atoms with Crippen LogP contribution in [-0.2, 0) is 11.8 Å². The maximum Gasteiger partial charge on any atom is 0.410 e. The first kappa shape index (κ1) is 18.1. The van der Waals surface area contributed by atoms with Crippen molar-refractivity contribution in [1.29, 1.82) is 0 Å². The monoisotopic (exact) mass is 338 g/mol. The summed E-state index contributed by atoms with van der Waals surface area (Å²) in [5.74, 6) is 0.611. The third-order valence-corrected chi connectivity index (χ3v) is 3.48. The van der Waals surface area contributed by atoms with Gasteiger partial charge in [-0.05, 0) is 20.8 Å². The third-order valence-electron chi connectivity index (χ3n) is 3.48. The number of nitrogens with one attached hydrogen (secondary N) is 3. The summed E-state index contributed by atoms with van der Waals surface area (Å²) in [4.78, 5) is 25.7. The van der Waals surface area contributed by atoms with E-state index in [0.717, 1.165) is 0 Å². The molecule has 1 saturated heterocycles. The van der Waals surface area contributed by atoms with Gasteiger partial charge in [-0.2, -0.15) is 5.10 Å². The van der Waals surface area contributed by atoms with Crippen molar-refractivity contribution in [2.45, 2.75) is 32.4 Å². The molecule has 2 heterocycles. The Morgan fingerprint density at radius 2 is 2.21 bits per heavy atom. The lowest BCUT2D eigenvalue weighted by Gasteiger charge is -2.34. The van der Waals surface area contributed by atoms with Gasteiger partial charge < -0.3 is 20.3 Å². The number of hydrogen-bond acceptors (Lipinski definition) is 5. The van der Waals surface area contributed by atoms with Crippen LogP contribution in [0.1, 0.15) is 20.8 Å². The second kappa shape index (κ2) is 7.52. The lowest BCUT2D eigenvalue weighted by Crippen LogP contribution is -2.57. The molecule has 0 saturated carbocycles. The van der Waals surface area contributed by atoms with Gasteiger partial charge in [-0.1, -0.05) is 0 Å². The molecule has 24 heavy (non-hydrogen) atoms. The molecule has 1 aromatic rings. The van der Waals surface area contributed by atoms with Crippen molar-refractivity contribution in [2.75, 3.05) is 31.5 Å². The molecule has 9 heteroatoms. The van der Waals surface area contributed by atoms with Crippen molar-refractivity contribution in [3.05, 3.63) is 12.3 Å². The molecule has 0 radical (unpaired) electrons. The van der Waals surface area contributed by atoms with E-state index in [-0.39, 0.29) is 18.2 Å². The van der Waals surface area contributed by atoms with Gasteiger partial charge in [-0.15, -0.1) is 0 Å². The summed E-state index contributed by atoms with van der Waals surface area (Å²) in [5.41, 5.74) is -0.515. The Morgan fingerprint density at radius 1 is 1.46 bits per heavy atom. The van der Waals surface area contributed by atoms with Crippen molar-refractivity contribution in [3.8, 4) is 0 Å². The molecular formula is C15H26N6O3. The van der Waals surface area contributed by atoms with Crippen molar-refractivity contribution >= 4 is 17.9 Å². The molecule has 1 fully saturated rings. The van der Waals surface area contributed by atoms with Crippen LogP contribution in [0.2, 0.25) is 0 Å². The van der Waals surface area contributed by atoms with Gasteiger partial charge in [0.15, 0.2) is 0 Å². The Kier molecular flexibility index (Phi) is 5.66. The van der Waals surface area contributed by atoms with Gasteiger partial charge in [0.1, 0.15) is 11.4 Å². The zero-order valence-corrected chi connectivity index (χ0v) is 14.6. The third kappa shape index (κ3) is 5.41. The van der Waals surface area contributed by atoms with Gasteiger partial charge in [-0.3, -0.25) is 10.00 Å². The van der Waals surface area contributed by atoms with Crippen LogP contribution in [-0.4, -0.2) is 64.6 Å². The van der Waals surface area contributed by atoms with Gasteiger partial charge in [0.25, 0.3) is 0 Å². The fraction of sp³-hybridized carbons (Fsp3) is 0.667. The van der Waals surface area contributed by atoms with Gasteiger partial charge in [-0.25, -0.2) is 9.59 Å². The summed E-state index contributed by atoms with van der Waals surface area (Å²) in [6, 6.07) is 1.38. The van der Waals surface area contributed by atoms with Crippen LogP contribution in [0, 0.1) is 0 Å². The van der Waals surface area contributed by atoms with Crippen LogP contribution in [0.4, 0.5) is 15.4 Å². The highest BCUT2D eigenvalue weighted by Crippen LogP contribution is 2.11. The molecule has 2 rings (SSSR count). The number of rotatable bonds is 3. The first-order chi connectivity index (χ1) is 11.2. The van der Waals surface area contributed by atoms with Gasteiger partial charge in [0.05, 0.1) is 6.20 Å². The largest absolute Gasteiger partial charge is 0.444 e. The Balaban J connectivity index is 1.77. The van der Waals surface area contributed by atoms with E-state index in [1.54, 1.807) is 28.9 Å². The Morgan fingerprint density at radius 3 is 2.83 bits per heavy atom. The zero-order chi connectivity index (χ0) is 17.7. The minimum Gasteiger partial charge on any atom is -0.444 e. The summed E-state index contributed by atoms with van der Waals surface area (Å²) >= 11 is 0. The number of hydrogen-bond donors (Lipinski definition) is 3. The Labute approximate surface area is 141 Å². The lowest BCUT2D eigenvalue weighted by molar-refractivity contribution is 0.0197. The lowest BCUT2D eigenvalue weighted by atomic mass is 10.2. The maximum atomic E-state index is 12.1. The first-order valence-electron chi connectivity index (χ1n) is 7.99. The number of aryl methyl sites for hydroxylation is 1. The second-order valence-corrected chi connectivity index (χ2v) is 6.75. The molecule has 1 aliphatic heterocycles. The molecule has 1 aromatic heterocycles. The number of carbonyl (C=O) groups excluding carboxylic acids is 2. The van der Waals surface area contributed by atoms with Crippen LogP contribution < -0.4 is 16.0 Å². The molecule has 9 nitrogen and oxygen atoms in total. The molecule has 0 spiro atoms. The molecule has 0 bridgehead atoms. The number of anilines is 1. The highest BCUT2D eigenvalue weighted by Gasteiger charge is 2.27. The first-order valence-corrected chi connectivity index (χ1v) is 7.99. The number of carbonyl (C=O) groups is 2. The standard InChI is InChI=1S/C15H26N6O3/c1-15(2,3)24-14(23)21-8-7-16-11(10-21)9-17-13(22)19-12-5-6-18-20(12)4/h5-6,11,16H,7-10H2,1-4H3,(H2,17,19,22). The molecule has 1 atom stereocenters. The molecular weight excluding hydrogens is 312 g/mol. The number of aromatic nitrogens is 2. The average molecular weight is 338 g/mol. The number of nitrogens with zero attached hydrogens (tertiary/aromatic N) is 3. The molecule has 0 aromatic carbocycles. The fourth-order valence-electron chi connectivity index (χ4n) is 2.33. The van der Waals surface area contributed by atoms with E-state index in [0.29, 0.717) is 32.0 Å². The SMILES string of the molecule is Cn1nccc1NC(=O)NCC1CN(C(=O)OC(C)(C)C)CCN1. The minimum absolute atomic E-state index is 0.0245. The number of ether oxygens (including phenoxy) is 1. The summed E-state index contributed by atoms with van der Waals surface area (Å²) in [7, 11) is 1.75. The highest BCUT2D eigenvalue weighted by atomic mass is 16.6. The van der Waals surface area contributed by atoms with E-state index < -0.39 is 5.60 Å². The molecule has 1 unspecified atom stereocenters. The summed E-state index contributed by atoms with van der Waals surface area (Å²) < 4.78 is 6.96. The summed E-state index contributed by atoms with van der Waals surface area (Å²) in [6.45, 7) is 7.67. The number of piperazine rings is 1. The van der Waals surface area contributed by atoms with Crippen LogP contribution in [0.5, 0.6) is 0 Å². The smallest absolute Gasteiger partial charge is 0.410 e. The predicted octanol–water partition coefficient (Wildman–Crippen LogP) is 0.751. The molecule has 0 aliphatic carbocycles. The van der Waals surface area contributed by atoms with Crippen LogP contribution >= 0.6 is 0 Å². The Hall–Kier alpha value is -2.29. The van der Waals surface area contributed by atoms with Gasteiger partial charge in [0.2, 0.25) is 0 Å².